The summed E-state index contributed by atoms with van der Waals surface area (Å²) in [6.07, 6.45) is 4.81. The van der Waals surface area contributed by atoms with Crippen LogP contribution in [0, 0.1) is 11.7 Å². The van der Waals surface area contributed by atoms with Crippen molar-refractivity contribution in [2.75, 3.05) is 18.1 Å². The van der Waals surface area contributed by atoms with Crippen LogP contribution in [0.1, 0.15) is 25.7 Å². The molecule has 3 rings (SSSR count). The molecule has 9 heteroatoms. The molecule has 1 aliphatic carbocycles. The maximum absolute atomic E-state index is 13.3. The Morgan fingerprint density at radius 1 is 1.28 bits per heavy atom. The number of rotatable bonds is 6. The second-order valence-corrected chi connectivity index (χ2v) is 8.25. The second kappa shape index (κ2) is 7.49. The van der Waals surface area contributed by atoms with E-state index in [0.29, 0.717) is 29.9 Å². The Morgan fingerprint density at radius 2 is 2.04 bits per heavy atom. The van der Waals surface area contributed by atoms with Gasteiger partial charge in [-0.1, -0.05) is 17.3 Å². The van der Waals surface area contributed by atoms with Gasteiger partial charge in [-0.05, 0) is 43.7 Å². The third-order valence-corrected chi connectivity index (χ3v) is 5.01. The van der Waals surface area contributed by atoms with E-state index in [1.54, 1.807) is 12.1 Å². The first-order valence-corrected chi connectivity index (χ1v) is 10.1. The number of hydrogen-bond donors (Lipinski definition) is 2. The molecule has 25 heavy (non-hydrogen) atoms. The minimum atomic E-state index is -3.14. The van der Waals surface area contributed by atoms with Crippen molar-refractivity contribution in [2.45, 2.75) is 31.7 Å². The van der Waals surface area contributed by atoms with Crippen LogP contribution in [-0.2, 0) is 10.0 Å². The first kappa shape index (κ1) is 17.8. The Balaban J connectivity index is 1.51. The second-order valence-electron chi connectivity index (χ2n) is 6.42. The fraction of sp³-hybridized carbons (Fsp3) is 0.500. The van der Waals surface area contributed by atoms with E-state index in [-0.39, 0.29) is 11.9 Å². The van der Waals surface area contributed by atoms with E-state index in [1.807, 2.05) is 0 Å². The average molecular weight is 368 g/mol. The van der Waals surface area contributed by atoms with Crippen LogP contribution in [0.15, 0.2) is 28.8 Å². The molecule has 1 aromatic carbocycles. The van der Waals surface area contributed by atoms with Gasteiger partial charge in [0.25, 0.3) is 0 Å². The van der Waals surface area contributed by atoms with Gasteiger partial charge >= 0.3 is 6.01 Å². The van der Waals surface area contributed by atoms with E-state index >= 15 is 0 Å². The molecule has 0 atom stereocenters. The lowest BCUT2D eigenvalue weighted by Crippen LogP contribution is -2.33. The van der Waals surface area contributed by atoms with Crippen molar-refractivity contribution in [3.8, 4) is 11.4 Å². The summed E-state index contributed by atoms with van der Waals surface area (Å²) in [5.41, 5.74) is 0.562. The highest BCUT2D eigenvalue weighted by molar-refractivity contribution is 7.88. The molecule has 0 aliphatic heterocycles. The van der Waals surface area contributed by atoms with Gasteiger partial charge in [0, 0.05) is 18.2 Å². The maximum Gasteiger partial charge on any atom is 0.322 e. The van der Waals surface area contributed by atoms with Gasteiger partial charge in [-0.25, -0.2) is 17.5 Å². The van der Waals surface area contributed by atoms with Crippen molar-refractivity contribution in [1.82, 2.24) is 14.9 Å². The quantitative estimate of drug-likeness (QED) is 0.813. The van der Waals surface area contributed by atoms with E-state index in [0.717, 1.165) is 25.7 Å². The van der Waals surface area contributed by atoms with Gasteiger partial charge in [0.1, 0.15) is 5.82 Å². The van der Waals surface area contributed by atoms with E-state index in [2.05, 4.69) is 20.2 Å². The highest BCUT2D eigenvalue weighted by Crippen LogP contribution is 2.26. The fourth-order valence-corrected chi connectivity index (χ4v) is 3.52. The summed E-state index contributed by atoms with van der Waals surface area (Å²) in [6.45, 7) is 0.482. The first-order valence-electron chi connectivity index (χ1n) is 8.20. The number of aromatic nitrogens is 2. The van der Waals surface area contributed by atoms with Gasteiger partial charge in [-0.2, -0.15) is 4.98 Å². The van der Waals surface area contributed by atoms with Gasteiger partial charge in [0.15, 0.2) is 0 Å². The largest absolute Gasteiger partial charge is 0.335 e. The minimum absolute atomic E-state index is 0.204. The lowest BCUT2D eigenvalue weighted by Gasteiger charge is -2.28. The number of halogens is 1. The Hall–Kier alpha value is -2.00. The zero-order chi connectivity index (χ0) is 17.9. The van der Waals surface area contributed by atoms with Crippen LogP contribution in [0.2, 0.25) is 0 Å². The number of benzene rings is 1. The SMILES string of the molecule is CS(=O)(=O)NC[C@H]1CC[C@H](Nc2nc(-c3cccc(F)c3)no2)CC1. The number of sulfonamides is 1. The third kappa shape index (κ3) is 5.23. The molecule has 7 nitrogen and oxygen atoms in total. The standard InChI is InChI=1S/C16H21FN4O3S/c1-25(22,23)18-10-11-5-7-14(8-6-11)19-16-20-15(21-24-16)12-3-2-4-13(17)9-12/h2-4,9,11,14,18H,5-8,10H2,1H3,(H,19,20,21)/t11-,14-. The average Bonchev–Trinajstić information content (AvgIpc) is 3.02. The summed E-state index contributed by atoms with van der Waals surface area (Å²) in [7, 11) is -3.14. The van der Waals surface area contributed by atoms with Crippen molar-refractivity contribution < 1.29 is 17.3 Å². The van der Waals surface area contributed by atoms with Crippen molar-refractivity contribution in [3.05, 3.63) is 30.1 Å². The molecule has 136 valence electrons. The zero-order valence-corrected chi connectivity index (χ0v) is 14.7. The van der Waals surface area contributed by atoms with Crippen LogP contribution in [0.4, 0.5) is 10.4 Å². The predicted molar refractivity (Wildman–Crippen MR) is 91.9 cm³/mol. The highest BCUT2D eigenvalue weighted by atomic mass is 32.2. The van der Waals surface area contributed by atoms with Crippen LogP contribution in [0.5, 0.6) is 0 Å². The molecule has 0 amide bonds. The van der Waals surface area contributed by atoms with Crippen LogP contribution in [-0.4, -0.2) is 37.4 Å². The van der Waals surface area contributed by atoms with Crippen LogP contribution >= 0.6 is 0 Å². The lowest BCUT2D eigenvalue weighted by molar-refractivity contribution is 0.330. The molecule has 1 aliphatic rings. The van der Waals surface area contributed by atoms with Gasteiger partial charge in [-0.3, -0.25) is 0 Å². The molecule has 0 saturated heterocycles. The highest BCUT2D eigenvalue weighted by Gasteiger charge is 2.23. The molecule has 0 spiro atoms. The number of nitrogens with zero attached hydrogens (tertiary/aromatic N) is 2. The van der Waals surface area contributed by atoms with Crippen molar-refractivity contribution in [3.63, 3.8) is 0 Å². The van der Waals surface area contributed by atoms with Crippen LogP contribution in [0.3, 0.4) is 0 Å². The number of hydrogen-bond acceptors (Lipinski definition) is 6. The molecule has 2 aromatic rings. The summed E-state index contributed by atoms with van der Waals surface area (Å²) >= 11 is 0. The van der Waals surface area contributed by atoms with E-state index in [4.69, 9.17) is 4.52 Å². The molecule has 1 heterocycles. The molecule has 0 unspecified atom stereocenters. The monoisotopic (exact) mass is 368 g/mol. The molecule has 1 saturated carbocycles. The predicted octanol–water partition coefficient (Wildman–Crippen LogP) is 2.40. The van der Waals surface area contributed by atoms with Crippen molar-refractivity contribution in [1.29, 1.82) is 0 Å². The Bertz CT molecular complexity index is 816. The van der Waals surface area contributed by atoms with Crippen LogP contribution < -0.4 is 10.0 Å². The molecule has 1 fully saturated rings. The van der Waals surface area contributed by atoms with E-state index in [1.165, 1.54) is 18.4 Å². The minimum Gasteiger partial charge on any atom is -0.335 e. The van der Waals surface area contributed by atoms with Crippen molar-refractivity contribution >= 4 is 16.0 Å². The summed E-state index contributed by atoms with van der Waals surface area (Å²) in [5, 5.41) is 7.08. The summed E-state index contributed by atoms with van der Waals surface area (Å²) in [4.78, 5) is 4.26. The smallest absolute Gasteiger partial charge is 0.322 e. The van der Waals surface area contributed by atoms with Crippen LogP contribution in [0.25, 0.3) is 11.4 Å². The topological polar surface area (TPSA) is 97.1 Å². The lowest BCUT2D eigenvalue weighted by atomic mass is 9.86. The Labute approximate surface area is 146 Å². The maximum atomic E-state index is 13.3. The van der Waals surface area contributed by atoms with Crippen molar-refractivity contribution in [2.24, 2.45) is 5.92 Å². The van der Waals surface area contributed by atoms with Gasteiger partial charge in [0.2, 0.25) is 15.8 Å². The zero-order valence-electron chi connectivity index (χ0n) is 13.9. The summed E-state index contributed by atoms with van der Waals surface area (Å²) in [5.74, 6) is 0.337. The van der Waals surface area contributed by atoms with Gasteiger partial charge in [-0.15, -0.1) is 0 Å². The number of nitrogens with one attached hydrogen (secondary N) is 2. The summed E-state index contributed by atoms with van der Waals surface area (Å²) < 4.78 is 43.3. The summed E-state index contributed by atoms with van der Waals surface area (Å²) in [6, 6.07) is 6.55. The fourth-order valence-electron chi connectivity index (χ4n) is 2.98. The Kier molecular flexibility index (Phi) is 5.33. The molecular formula is C16H21FN4O3S. The number of anilines is 1. The molecule has 2 N–H and O–H groups in total. The third-order valence-electron chi connectivity index (χ3n) is 4.32. The molecule has 0 radical (unpaired) electrons. The molecule has 0 bridgehead atoms. The molecule has 1 aromatic heterocycles. The molecular weight excluding hydrogens is 347 g/mol. The Morgan fingerprint density at radius 3 is 2.72 bits per heavy atom. The van der Waals surface area contributed by atoms with E-state index < -0.39 is 10.0 Å². The first-order chi connectivity index (χ1) is 11.9. The van der Waals surface area contributed by atoms with Gasteiger partial charge in [0.05, 0.1) is 6.26 Å². The van der Waals surface area contributed by atoms with E-state index in [9.17, 15) is 12.8 Å². The van der Waals surface area contributed by atoms with Gasteiger partial charge < -0.3 is 9.84 Å². The normalized spacial score (nSPS) is 21.2.